The van der Waals surface area contributed by atoms with Crippen LogP contribution in [0.15, 0.2) is 52.2 Å². The lowest BCUT2D eigenvalue weighted by molar-refractivity contribution is 0.923. The molecule has 7 heteroatoms. The van der Waals surface area contributed by atoms with Crippen LogP contribution < -0.4 is 5.73 Å². The van der Waals surface area contributed by atoms with E-state index < -0.39 is 0 Å². The molecular weight excluding hydrogens is 302 g/mol. The average molecular weight is 313 g/mol. The number of thiazole rings is 1. The Bertz CT molecular complexity index is 922. The highest BCUT2D eigenvalue weighted by atomic mass is 32.2. The molecule has 0 atom stereocenters. The monoisotopic (exact) mass is 313 g/mol. The van der Waals surface area contributed by atoms with Crippen molar-refractivity contribution in [3.63, 3.8) is 0 Å². The molecule has 1 aromatic carbocycles. The van der Waals surface area contributed by atoms with E-state index in [1.54, 1.807) is 29.4 Å². The molecule has 3 aromatic heterocycles. The topological polar surface area (TPSA) is 69.1 Å². The SMILES string of the molecule is NCc1c(Sc2ncnc3ccccc23)nc2sccn12. The van der Waals surface area contributed by atoms with E-state index >= 15 is 0 Å². The molecule has 0 unspecified atom stereocenters. The van der Waals surface area contributed by atoms with Gasteiger partial charge in [0.25, 0.3) is 0 Å². The number of aromatic nitrogens is 4. The zero-order valence-electron chi connectivity index (χ0n) is 10.9. The van der Waals surface area contributed by atoms with Crippen LogP contribution in [0.5, 0.6) is 0 Å². The molecule has 3 heterocycles. The van der Waals surface area contributed by atoms with Crippen molar-refractivity contribution in [3.8, 4) is 0 Å². The molecule has 0 saturated carbocycles. The lowest BCUT2D eigenvalue weighted by Crippen LogP contribution is -2.01. The molecule has 104 valence electrons. The Morgan fingerprint density at radius 3 is 3.00 bits per heavy atom. The summed E-state index contributed by atoms with van der Waals surface area (Å²) < 4.78 is 2.04. The highest BCUT2D eigenvalue weighted by Crippen LogP contribution is 2.33. The second-order valence-corrected chi connectivity index (χ2v) is 6.27. The summed E-state index contributed by atoms with van der Waals surface area (Å²) in [7, 11) is 0. The summed E-state index contributed by atoms with van der Waals surface area (Å²) in [6.45, 7) is 0.448. The first-order chi connectivity index (χ1) is 10.4. The van der Waals surface area contributed by atoms with Gasteiger partial charge in [-0.1, -0.05) is 18.2 Å². The van der Waals surface area contributed by atoms with Gasteiger partial charge >= 0.3 is 0 Å². The highest BCUT2D eigenvalue weighted by molar-refractivity contribution is 7.99. The van der Waals surface area contributed by atoms with Crippen molar-refractivity contribution < 1.29 is 0 Å². The molecule has 0 bridgehead atoms. The minimum atomic E-state index is 0.448. The first-order valence-corrected chi connectivity index (χ1v) is 8.08. The van der Waals surface area contributed by atoms with Crippen molar-refractivity contribution in [1.82, 2.24) is 19.4 Å². The summed E-state index contributed by atoms with van der Waals surface area (Å²) in [6.07, 6.45) is 3.59. The molecule has 0 amide bonds. The van der Waals surface area contributed by atoms with Crippen LogP contribution in [0.4, 0.5) is 0 Å². The molecule has 4 rings (SSSR count). The van der Waals surface area contributed by atoms with Crippen molar-refractivity contribution >= 4 is 39.0 Å². The Balaban J connectivity index is 1.84. The minimum absolute atomic E-state index is 0.448. The van der Waals surface area contributed by atoms with Gasteiger partial charge < -0.3 is 5.73 Å². The molecular formula is C14H11N5S2. The van der Waals surface area contributed by atoms with Gasteiger partial charge in [0, 0.05) is 23.5 Å². The smallest absolute Gasteiger partial charge is 0.194 e. The standard InChI is InChI=1S/C14H11N5S2/c15-7-11-13(18-14-19(11)5-6-20-14)21-12-9-3-1-2-4-10(9)16-8-17-12/h1-6,8H,7,15H2. The zero-order chi connectivity index (χ0) is 14.2. The van der Waals surface area contributed by atoms with E-state index in [9.17, 15) is 0 Å². The third kappa shape index (κ3) is 2.10. The van der Waals surface area contributed by atoms with Crippen molar-refractivity contribution in [1.29, 1.82) is 0 Å². The molecule has 2 N–H and O–H groups in total. The first-order valence-electron chi connectivity index (χ1n) is 6.39. The predicted molar refractivity (Wildman–Crippen MR) is 84.6 cm³/mol. The number of benzene rings is 1. The van der Waals surface area contributed by atoms with E-state index in [2.05, 4.69) is 15.0 Å². The van der Waals surface area contributed by atoms with Gasteiger partial charge in [0.05, 0.1) is 11.2 Å². The molecule has 0 fully saturated rings. The summed E-state index contributed by atoms with van der Waals surface area (Å²) in [6, 6.07) is 7.97. The van der Waals surface area contributed by atoms with Gasteiger partial charge in [-0.2, -0.15) is 0 Å². The van der Waals surface area contributed by atoms with E-state index in [4.69, 9.17) is 5.73 Å². The van der Waals surface area contributed by atoms with Crippen LogP contribution in [-0.4, -0.2) is 19.4 Å². The molecule has 4 aromatic rings. The fourth-order valence-electron chi connectivity index (χ4n) is 2.23. The summed E-state index contributed by atoms with van der Waals surface area (Å²) >= 11 is 3.14. The molecule has 0 spiro atoms. The van der Waals surface area contributed by atoms with Crippen molar-refractivity contribution in [2.24, 2.45) is 5.73 Å². The zero-order valence-corrected chi connectivity index (χ0v) is 12.6. The normalized spacial score (nSPS) is 11.5. The quantitative estimate of drug-likeness (QED) is 0.589. The fourth-order valence-corrected chi connectivity index (χ4v) is 4.02. The third-order valence-corrected chi connectivity index (χ3v) is 5.01. The van der Waals surface area contributed by atoms with Gasteiger partial charge in [-0.15, -0.1) is 11.3 Å². The van der Waals surface area contributed by atoms with Gasteiger partial charge in [-0.05, 0) is 17.8 Å². The van der Waals surface area contributed by atoms with Gasteiger partial charge in [0.2, 0.25) is 0 Å². The number of rotatable bonds is 3. The Labute approximate surface area is 128 Å². The van der Waals surface area contributed by atoms with E-state index in [1.165, 1.54) is 0 Å². The Morgan fingerprint density at radius 2 is 2.10 bits per heavy atom. The second-order valence-electron chi connectivity index (χ2n) is 4.42. The van der Waals surface area contributed by atoms with Crippen LogP contribution in [0.25, 0.3) is 15.9 Å². The maximum absolute atomic E-state index is 5.88. The maximum Gasteiger partial charge on any atom is 0.194 e. The number of hydrogen-bond acceptors (Lipinski definition) is 6. The van der Waals surface area contributed by atoms with Crippen molar-refractivity contribution in [3.05, 3.63) is 47.9 Å². The molecule has 0 aliphatic carbocycles. The Hall–Kier alpha value is -1.96. The molecule has 0 radical (unpaired) electrons. The number of para-hydroxylation sites is 1. The minimum Gasteiger partial charge on any atom is -0.325 e. The highest BCUT2D eigenvalue weighted by Gasteiger charge is 2.15. The van der Waals surface area contributed by atoms with E-state index in [-0.39, 0.29) is 0 Å². The molecule has 0 saturated heterocycles. The lowest BCUT2D eigenvalue weighted by Gasteiger charge is -2.04. The number of nitrogens with two attached hydrogens (primary N) is 1. The second kappa shape index (κ2) is 5.10. The summed E-state index contributed by atoms with van der Waals surface area (Å²) in [5.74, 6) is 0. The van der Waals surface area contributed by atoms with Gasteiger partial charge in [0.1, 0.15) is 16.4 Å². The number of imidazole rings is 1. The number of fused-ring (bicyclic) bond motifs is 2. The molecule has 0 aliphatic rings. The molecule has 21 heavy (non-hydrogen) atoms. The summed E-state index contributed by atoms with van der Waals surface area (Å²) in [5, 5.41) is 4.86. The lowest BCUT2D eigenvalue weighted by atomic mass is 10.2. The summed E-state index contributed by atoms with van der Waals surface area (Å²) in [5.41, 5.74) is 7.83. The molecule has 0 aliphatic heterocycles. The first kappa shape index (κ1) is 12.8. The van der Waals surface area contributed by atoms with Gasteiger partial charge in [0.15, 0.2) is 4.96 Å². The van der Waals surface area contributed by atoms with Crippen molar-refractivity contribution in [2.45, 2.75) is 16.6 Å². The van der Waals surface area contributed by atoms with Crippen molar-refractivity contribution in [2.75, 3.05) is 0 Å². The van der Waals surface area contributed by atoms with Crippen LogP contribution in [-0.2, 0) is 6.54 Å². The number of nitrogens with zero attached hydrogens (tertiary/aromatic N) is 4. The van der Waals surface area contributed by atoms with E-state index in [0.29, 0.717) is 6.54 Å². The number of hydrogen-bond donors (Lipinski definition) is 1. The van der Waals surface area contributed by atoms with Gasteiger partial charge in [-0.25, -0.2) is 15.0 Å². The maximum atomic E-state index is 5.88. The van der Waals surface area contributed by atoms with Crippen LogP contribution in [0, 0.1) is 0 Å². The van der Waals surface area contributed by atoms with E-state index in [0.717, 1.165) is 31.6 Å². The Morgan fingerprint density at radius 1 is 1.19 bits per heavy atom. The largest absolute Gasteiger partial charge is 0.325 e. The molecule has 5 nitrogen and oxygen atoms in total. The predicted octanol–water partition coefficient (Wildman–Crippen LogP) is 2.95. The Kier molecular flexibility index (Phi) is 3.10. The van der Waals surface area contributed by atoms with Crippen LogP contribution in [0.1, 0.15) is 5.69 Å². The van der Waals surface area contributed by atoms with Gasteiger partial charge in [-0.3, -0.25) is 4.40 Å². The average Bonchev–Trinajstić information content (AvgIpc) is 3.08. The summed E-state index contributed by atoms with van der Waals surface area (Å²) in [4.78, 5) is 14.3. The third-order valence-electron chi connectivity index (χ3n) is 3.22. The van der Waals surface area contributed by atoms with Crippen LogP contribution in [0.3, 0.4) is 0 Å². The van der Waals surface area contributed by atoms with Crippen LogP contribution in [0.2, 0.25) is 0 Å². The fraction of sp³-hybridized carbons (Fsp3) is 0.0714. The van der Waals surface area contributed by atoms with Crippen LogP contribution >= 0.6 is 23.1 Å². The van der Waals surface area contributed by atoms with E-state index in [1.807, 2.05) is 40.2 Å².